The first-order valence-electron chi connectivity index (χ1n) is 11.7. The van der Waals surface area contributed by atoms with Crippen molar-refractivity contribution in [3.05, 3.63) is 0 Å². The second-order valence-electron chi connectivity index (χ2n) is 10.1. The zero-order valence-electron chi connectivity index (χ0n) is 21.0. The monoisotopic (exact) mass is 430 g/mol. The number of carbonyl (C=O) groups excluding carboxylic acids is 1. The summed E-state index contributed by atoms with van der Waals surface area (Å²) in [5.74, 6) is -0.0317. The van der Waals surface area contributed by atoms with Crippen molar-refractivity contribution in [2.75, 3.05) is 6.61 Å². The van der Waals surface area contributed by atoms with Crippen molar-refractivity contribution in [2.24, 2.45) is 5.41 Å². The van der Waals surface area contributed by atoms with Crippen LogP contribution < -0.4 is 0 Å². The van der Waals surface area contributed by atoms with Crippen molar-refractivity contribution >= 4 is 22.4 Å². The van der Waals surface area contributed by atoms with E-state index in [1.165, 1.54) is 6.42 Å². The Bertz CT molecular complexity index is 466. The SMILES string of the molecule is CCC(C)[Si](C)(C)OC(CC)(CC)[Si](C)(C)CCCOC(=O)C(C)(CC)CC. The number of ether oxygens (including phenoxy) is 1. The minimum Gasteiger partial charge on any atom is -0.465 e. The molecule has 0 saturated carbocycles. The van der Waals surface area contributed by atoms with E-state index in [1.807, 2.05) is 6.92 Å². The van der Waals surface area contributed by atoms with E-state index in [4.69, 9.17) is 9.16 Å². The maximum Gasteiger partial charge on any atom is 0.311 e. The fraction of sp³-hybridized carbons (Fsp3) is 0.957. The Morgan fingerprint density at radius 3 is 1.82 bits per heavy atom. The summed E-state index contributed by atoms with van der Waals surface area (Å²) in [5, 5.41) is 0.0253. The van der Waals surface area contributed by atoms with Gasteiger partial charge in [-0.1, -0.05) is 67.1 Å². The van der Waals surface area contributed by atoms with E-state index in [1.54, 1.807) is 0 Å². The largest absolute Gasteiger partial charge is 0.465 e. The molecular weight excluding hydrogens is 380 g/mol. The lowest BCUT2D eigenvalue weighted by Crippen LogP contribution is -2.60. The lowest BCUT2D eigenvalue weighted by Gasteiger charge is -2.50. The average molecular weight is 431 g/mol. The molecule has 0 aliphatic heterocycles. The summed E-state index contributed by atoms with van der Waals surface area (Å²) in [6.07, 6.45) is 5.97. The summed E-state index contributed by atoms with van der Waals surface area (Å²) >= 11 is 0. The van der Waals surface area contributed by atoms with Crippen LogP contribution in [-0.4, -0.2) is 34.2 Å². The fourth-order valence-electron chi connectivity index (χ4n) is 4.20. The molecule has 0 saturated heterocycles. The van der Waals surface area contributed by atoms with Crippen molar-refractivity contribution in [3.63, 3.8) is 0 Å². The summed E-state index contributed by atoms with van der Waals surface area (Å²) in [7, 11) is -3.41. The minimum absolute atomic E-state index is 0.0253. The highest BCUT2D eigenvalue weighted by Gasteiger charge is 2.48. The summed E-state index contributed by atoms with van der Waals surface area (Å²) < 4.78 is 12.8. The van der Waals surface area contributed by atoms with Crippen LogP contribution in [0.2, 0.25) is 37.8 Å². The van der Waals surface area contributed by atoms with Crippen LogP contribution in [0.1, 0.15) is 87.0 Å². The van der Waals surface area contributed by atoms with Crippen LogP contribution in [0.5, 0.6) is 0 Å². The zero-order chi connectivity index (χ0) is 22.2. The Kier molecular flexibility index (Phi) is 11.3. The van der Waals surface area contributed by atoms with Gasteiger partial charge >= 0.3 is 5.97 Å². The first-order chi connectivity index (χ1) is 12.8. The molecule has 0 aromatic heterocycles. The smallest absolute Gasteiger partial charge is 0.311 e. The van der Waals surface area contributed by atoms with Gasteiger partial charge in [-0.25, -0.2) is 0 Å². The predicted octanol–water partition coefficient (Wildman–Crippen LogP) is 7.57. The van der Waals surface area contributed by atoms with E-state index in [2.05, 4.69) is 67.7 Å². The number of hydrogen-bond acceptors (Lipinski definition) is 3. The van der Waals surface area contributed by atoms with E-state index in [9.17, 15) is 4.79 Å². The van der Waals surface area contributed by atoms with Crippen LogP contribution in [0.4, 0.5) is 0 Å². The highest BCUT2D eigenvalue weighted by Crippen LogP contribution is 2.41. The van der Waals surface area contributed by atoms with Gasteiger partial charge in [0.05, 0.1) is 20.1 Å². The third kappa shape index (κ3) is 6.70. The second-order valence-corrected chi connectivity index (χ2v) is 19.7. The maximum atomic E-state index is 12.4. The molecule has 0 amide bonds. The number of esters is 1. The van der Waals surface area contributed by atoms with E-state index in [0.29, 0.717) is 12.1 Å². The van der Waals surface area contributed by atoms with Gasteiger partial charge in [-0.15, -0.1) is 0 Å². The van der Waals surface area contributed by atoms with E-state index in [-0.39, 0.29) is 16.6 Å². The van der Waals surface area contributed by atoms with Crippen molar-refractivity contribution in [2.45, 2.75) is 130 Å². The van der Waals surface area contributed by atoms with Crippen LogP contribution in [-0.2, 0) is 14.0 Å². The van der Waals surface area contributed by atoms with Gasteiger partial charge in [0.1, 0.15) is 0 Å². The molecule has 0 aliphatic carbocycles. The number of rotatable bonds is 14. The van der Waals surface area contributed by atoms with Crippen LogP contribution >= 0.6 is 0 Å². The lowest BCUT2D eigenvalue weighted by atomic mass is 9.85. The summed E-state index contributed by atoms with van der Waals surface area (Å²) in [5.41, 5.74) is 0.329. The molecule has 0 radical (unpaired) electrons. The number of carbonyl (C=O) groups is 1. The third-order valence-corrected chi connectivity index (χ3v) is 16.6. The Balaban J connectivity index is 5.08. The summed E-state index contributed by atoms with van der Waals surface area (Å²) in [6.45, 7) is 25.7. The molecule has 0 aromatic carbocycles. The predicted molar refractivity (Wildman–Crippen MR) is 128 cm³/mol. The molecule has 1 atom stereocenters. The van der Waals surface area contributed by atoms with Crippen LogP contribution in [0.15, 0.2) is 0 Å². The van der Waals surface area contributed by atoms with Gasteiger partial charge in [-0.3, -0.25) is 4.79 Å². The van der Waals surface area contributed by atoms with E-state index < -0.39 is 16.4 Å². The normalized spacial score (nSPS) is 14.8. The maximum absolute atomic E-state index is 12.4. The minimum atomic E-state index is -1.74. The molecular formula is C23H50O3Si2. The molecule has 0 rings (SSSR count). The molecule has 0 spiro atoms. The van der Waals surface area contributed by atoms with Crippen LogP contribution in [0, 0.1) is 5.41 Å². The Morgan fingerprint density at radius 2 is 1.43 bits per heavy atom. The first-order valence-corrected chi connectivity index (χ1v) is 17.9. The Labute approximate surface area is 178 Å². The van der Waals surface area contributed by atoms with Gasteiger partial charge < -0.3 is 9.16 Å². The van der Waals surface area contributed by atoms with Gasteiger partial charge in [0, 0.05) is 5.22 Å². The lowest BCUT2D eigenvalue weighted by molar-refractivity contribution is -0.155. The van der Waals surface area contributed by atoms with Gasteiger partial charge in [-0.05, 0) is 57.7 Å². The van der Waals surface area contributed by atoms with Crippen LogP contribution in [0.25, 0.3) is 0 Å². The zero-order valence-corrected chi connectivity index (χ0v) is 23.0. The standard InChI is InChI=1S/C23H50O3Si2/c1-12-20(6)28(10,11)26-23(15-4,16-5)27(8,9)19-17-18-25-21(24)22(7,13-2)14-3/h20H,12-19H2,1-11H3. The molecule has 0 bridgehead atoms. The first kappa shape index (κ1) is 27.9. The molecule has 1 unspecified atom stereocenters. The molecule has 168 valence electrons. The van der Waals surface area contributed by atoms with Gasteiger partial charge in [0.15, 0.2) is 8.32 Å². The molecule has 0 fully saturated rings. The fourth-order valence-corrected chi connectivity index (χ4v) is 12.0. The van der Waals surface area contributed by atoms with E-state index in [0.717, 1.165) is 38.1 Å². The molecule has 0 N–H and O–H groups in total. The summed E-state index contributed by atoms with van der Waals surface area (Å²) in [6, 6.07) is 1.14. The van der Waals surface area contributed by atoms with Crippen molar-refractivity contribution in [3.8, 4) is 0 Å². The van der Waals surface area contributed by atoms with Crippen LogP contribution in [0.3, 0.4) is 0 Å². The second kappa shape index (κ2) is 11.3. The third-order valence-electron chi connectivity index (χ3n) is 7.87. The quantitative estimate of drug-likeness (QED) is 0.162. The molecule has 0 aliphatic rings. The van der Waals surface area contributed by atoms with Crippen molar-refractivity contribution in [1.82, 2.24) is 0 Å². The molecule has 0 heterocycles. The molecule has 28 heavy (non-hydrogen) atoms. The Morgan fingerprint density at radius 1 is 0.929 bits per heavy atom. The summed E-state index contributed by atoms with van der Waals surface area (Å²) in [4.78, 5) is 12.4. The molecule has 5 heteroatoms. The topological polar surface area (TPSA) is 35.5 Å². The van der Waals surface area contributed by atoms with Gasteiger partial charge in [0.2, 0.25) is 0 Å². The van der Waals surface area contributed by atoms with Crippen molar-refractivity contribution in [1.29, 1.82) is 0 Å². The number of hydrogen-bond donors (Lipinski definition) is 0. The molecule has 0 aromatic rings. The molecule has 3 nitrogen and oxygen atoms in total. The Hall–Kier alpha value is -0.136. The highest BCUT2D eigenvalue weighted by molar-refractivity contribution is 6.82. The van der Waals surface area contributed by atoms with Gasteiger partial charge in [-0.2, -0.15) is 0 Å². The van der Waals surface area contributed by atoms with E-state index >= 15 is 0 Å². The van der Waals surface area contributed by atoms with Crippen molar-refractivity contribution < 1.29 is 14.0 Å². The average Bonchev–Trinajstić information content (AvgIpc) is 2.67. The van der Waals surface area contributed by atoms with Gasteiger partial charge in [0.25, 0.3) is 0 Å². The highest BCUT2D eigenvalue weighted by atomic mass is 28.4.